The minimum atomic E-state index is -0.468. The molecule has 0 amide bonds. The number of nitrogens with one attached hydrogen (secondary N) is 1. The summed E-state index contributed by atoms with van der Waals surface area (Å²) in [7, 11) is 0. The number of rotatable bonds is 10. The molecule has 1 aromatic rings. The SMILES string of the molecule is CCCC[NH+](CC)C[C@H](O)COc1ccc(C(C)=O)cc1. The predicted molar refractivity (Wildman–Crippen MR) is 84.1 cm³/mol. The second kappa shape index (κ2) is 9.53. The predicted octanol–water partition coefficient (Wildman–Crippen LogP) is 1.33. The van der Waals surface area contributed by atoms with Gasteiger partial charge in [0, 0.05) is 5.56 Å². The summed E-state index contributed by atoms with van der Waals surface area (Å²) < 4.78 is 5.58. The number of quaternary nitrogens is 1. The van der Waals surface area contributed by atoms with Gasteiger partial charge in [0.25, 0.3) is 0 Å². The second-order valence-corrected chi connectivity index (χ2v) is 5.46. The first-order chi connectivity index (χ1) is 10.1. The summed E-state index contributed by atoms with van der Waals surface area (Å²) in [6, 6.07) is 7.03. The highest BCUT2D eigenvalue weighted by atomic mass is 16.5. The van der Waals surface area contributed by atoms with Crippen LogP contribution in [0.25, 0.3) is 0 Å². The number of carbonyl (C=O) groups excluding carboxylic acids is 1. The molecular formula is C17H28NO3+. The highest BCUT2D eigenvalue weighted by molar-refractivity contribution is 5.94. The van der Waals surface area contributed by atoms with Gasteiger partial charge in [-0.05, 0) is 44.5 Å². The van der Waals surface area contributed by atoms with E-state index in [0.29, 0.717) is 17.9 Å². The Hall–Kier alpha value is -1.39. The molecule has 0 aliphatic heterocycles. The Morgan fingerprint density at radius 2 is 1.95 bits per heavy atom. The molecule has 0 aliphatic carbocycles. The molecule has 21 heavy (non-hydrogen) atoms. The second-order valence-electron chi connectivity index (χ2n) is 5.46. The van der Waals surface area contributed by atoms with E-state index in [1.165, 1.54) is 24.7 Å². The Morgan fingerprint density at radius 1 is 1.29 bits per heavy atom. The Balaban J connectivity index is 2.37. The van der Waals surface area contributed by atoms with Crippen molar-refractivity contribution in [1.82, 2.24) is 0 Å². The Morgan fingerprint density at radius 3 is 2.48 bits per heavy atom. The molecule has 1 aromatic carbocycles. The molecule has 0 bridgehead atoms. The van der Waals surface area contributed by atoms with Gasteiger partial charge < -0.3 is 14.7 Å². The van der Waals surface area contributed by atoms with E-state index in [-0.39, 0.29) is 12.4 Å². The van der Waals surface area contributed by atoms with Gasteiger partial charge in [0.2, 0.25) is 0 Å². The van der Waals surface area contributed by atoms with Crippen molar-refractivity contribution < 1.29 is 19.5 Å². The van der Waals surface area contributed by atoms with Crippen molar-refractivity contribution in [3.05, 3.63) is 29.8 Å². The standard InChI is InChI=1S/C17H27NO3/c1-4-6-11-18(5-2)12-16(20)13-21-17-9-7-15(8-10-17)14(3)19/h7-10,16,20H,4-6,11-13H2,1-3H3/p+1/t16-/m0/s1. The topological polar surface area (TPSA) is 51.0 Å². The average molecular weight is 294 g/mol. The number of aliphatic hydroxyl groups is 1. The van der Waals surface area contributed by atoms with Crippen molar-refractivity contribution in [3.63, 3.8) is 0 Å². The lowest BCUT2D eigenvalue weighted by molar-refractivity contribution is -0.901. The molecule has 0 heterocycles. The molecule has 2 atom stereocenters. The normalized spacial score (nSPS) is 13.7. The van der Waals surface area contributed by atoms with Gasteiger partial charge in [-0.3, -0.25) is 4.79 Å². The number of ether oxygens (including phenoxy) is 1. The molecule has 4 heteroatoms. The van der Waals surface area contributed by atoms with Crippen LogP contribution < -0.4 is 9.64 Å². The van der Waals surface area contributed by atoms with Crippen LogP contribution >= 0.6 is 0 Å². The summed E-state index contributed by atoms with van der Waals surface area (Å²) in [4.78, 5) is 12.6. The van der Waals surface area contributed by atoms with E-state index in [4.69, 9.17) is 4.74 Å². The maximum absolute atomic E-state index is 11.2. The molecular weight excluding hydrogens is 266 g/mol. The molecule has 4 nitrogen and oxygen atoms in total. The minimum Gasteiger partial charge on any atom is -0.491 e. The van der Waals surface area contributed by atoms with Gasteiger partial charge in [-0.25, -0.2) is 0 Å². The number of hydrogen-bond acceptors (Lipinski definition) is 3. The van der Waals surface area contributed by atoms with Crippen molar-refractivity contribution in [2.75, 3.05) is 26.2 Å². The van der Waals surface area contributed by atoms with Crippen LogP contribution in [0, 0.1) is 0 Å². The Bertz CT molecular complexity index is 417. The van der Waals surface area contributed by atoms with Crippen LogP contribution in [0.3, 0.4) is 0 Å². The minimum absolute atomic E-state index is 0.0414. The number of carbonyl (C=O) groups is 1. The molecule has 1 rings (SSSR count). The molecule has 0 saturated carbocycles. The van der Waals surface area contributed by atoms with E-state index in [1.54, 1.807) is 24.3 Å². The molecule has 2 N–H and O–H groups in total. The van der Waals surface area contributed by atoms with Crippen molar-refractivity contribution in [2.45, 2.75) is 39.7 Å². The third-order valence-corrected chi connectivity index (χ3v) is 3.61. The molecule has 0 fully saturated rings. The van der Waals surface area contributed by atoms with E-state index >= 15 is 0 Å². The monoisotopic (exact) mass is 294 g/mol. The highest BCUT2D eigenvalue weighted by Gasteiger charge is 2.14. The van der Waals surface area contributed by atoms with Crippen molar-refractivity contribution >= 4 is 5.78 Å². The summed E-state index contributed by atoms with van der Waals surface area (Å²) in [5.41, 5.74) is 0.670. The van der Waals surface area contributed by atoms with E-state index in [1.807, 2.05) is 0 Å². The van der Waals surface area contributed by atoms with Gasteiger partial charge in [0.05, 0.1) is 13.1 Å². The number of Topliss-reactive ketones (excluding diaryl/α,β-unsaturated/α-hetero) is 1. The molecule has 0 radical (unpaired) electrons. The smallest absolute Gasteiger partial charge is 0.159 e. The maximum Gasteiger partial charge on any atom is 0.159 e. The van der Waals surface area contributed by atoms with Crippen LogP contribution in [-0.2, 0) is 0 Å². The maximum atomic E-state index is 11.2. The number of ketones is 1. The fourth-order valence-corrected chi connectivity index (χ4v) is 2.22. The number of aliphatic hydroxyl groups excluding tert-OH is 1. The molecule has 0 aliphatic rings. The van der Waals surface area contributed by atoms with E-state index in [0.717, 1.165) is 13.1 Å². The summed E-state index contributed by atoms with van der Waals surface area (Å²) in [5.74, 6) is 0.727. The quantitative estimate of drug-likeness (QED) is 0.640. The van der Waals surface area contributed by atoms with Gasteiger partial charge in [-0.2, -0.15) is 0 Å². The van der Waals surface area contributed by atoms with Crippen molar-refractivity contribution in [3.8, 4) is 5.75 Å². The van der Waals surface area contributed by atoms with E-state index in [2.05, 4.69) is 13.8 Å². The van der Waals surface area contributed by atoms with Crippen molar-refractivity contribution in [1.29, 1.82) is 0 Å². The highest BCUT2D eigenvalue weighted by Crippen LogP contribution is 2.12. The first-order valence-electron chi connectivity index (χ1n) is 7.82. The molecule has 1 unspecified atom stereocenters. The molecule has 0 spiro atoms. The van der Waals surface area contributed by atoms with Gasteiger partial charge in [-0.15, -0.1) is 0 Å². The van der Waals surface area contributed by atoms with Gasteiger partial charge >= 0.3 is 0 Å². The van der Waals surface area contributed by atoms with Crippen LogP contribution in [0.15, 0.2) is 24.3 Å². The van der Waals surface area contributed by atoms with Gasteiger partial charge in [0.1, 0.15) is 25.0 Å². The Kier molecular flexibility index (Phi) is 8.01. The third kappa shape index (κ3) is 6.74. The fourth-order valence-electron chi connectivity index (χ4n) is 2.22. The molecule has 0 saturated heterocycles. The zero-order valence-corrected chi connectivity index (χ0v) is 13.4. The number of unbranched alkanes of at least 4 members (excludes halogenated alkanes) is 1. The van der Waals surface area contributed by atoms with Gasteiger partial charge in [0.15, 0.2) is 5.78 Å². The summed E-state index contributed by atoms with van der Waals surface area (Å²) in [6.07, 6.45) is 1.89. The summed E-state index contributed by atoms with van der Waals surface area (Å²) in [6.45, 7) is 8.97. The van der Waals surface area contributed by atoms with E-state index in [9.17, 15) is 9.90 Å². The van der Waals surface area contributed by atoms with Crippen LogP contribution in [0.2, 0.25) is 0 Å². The zero-order chi connectivity index (χ0) is 15.7. The zero-order valence-electron chi connectivity index (χ0n) is 13.4. The fraction of sp³-hybridized carbons (Fsp3) is 0.588. The first-order valence-corrected chi connectivity index (χ1v) is 7.82. The first kappa shape index (κ1) is 17.7. The number of likely N-dealkylation sites (N-methyl/N-ethyl adjacent to an activating group) is 1. The summed E-state index contributed by atoms with van der Waals surface area (Å²) >= 11 is 0. The third-order valence-electron chi connectivity index (χ3n) is 3.61. The molecule has 118 valence electrons. The number of hydrogen-bond donors (Lipinski definition) is 2. The Labute approximate surface area is 127 Å². The average Bonchev–Trinajstić information content (AvgIpc) is 2.49. The van der Waals surface area contributed by atoms with Crippen LogP contribution in [0.5, 0.6) is 5.75 Å². The lowest BCUT2D eigenvalue weighted by Gasteiger charge is -2.21. The largest absolute Gasteiger partial charge is 0.491 e. The lowest BCUT2D eigenvalue weighted by Crippen LogP contribution is -3.13. The van der Waals surface area contributed by atoms with E-state index < -0.39 is 6.10 Å². The van der Waals surface area contributed by atoms with Crippen LogP contribution in [-0.4, -0.2) is 43.2 Å². The number of benzene rings is 1. The van der Waals surface area contributed by atoms with Crippen molar-refractivity contribution in [2.24, 2.45) is 0 Å². The summed E-state index contributed by atoms with van der Waals surface area (Å²) in [5, 5.41) is 10.1. The lowest BCUT2D eigenvalue weighted by atomic mass is 10.1. The van der Waals surface area contributed by atoms with Crippen LogP contribution in [0.1, 0.15) is 44.0 Å². The molecule has 0 aromatic heterocycles. The van der Waals surface area contributed by atoms with Gasteiger partial charge in [-0.1, -0.05) is 13.3 Å². The van der Waals surface area contributed by atoms with Crippen LogP contribution in [0.4, 0.5) is 0 Å².